The summed E-state index contributed by atoms with van der Waals surface area (Å²) in [6.45, 7) is 2.72. The standard InChI is InChI=1S/C22H21N3O4S.Na.H/c1-2-19-23-17-6-4-3-5-16(17)21(27)25(19)11-12-29-15-9-7-14(8-10-15)13-18-20(26)24-22(28)30-18;;/h3-10,18H,2,11-13H2,1H3,(H,24,26,28);;. The molecule has 1 atom stereocenters. The minimum atomic E-state index is -0.385. The van der Waals surface area contributed by atoms with E-state index >= 15 is 0 Å². The van der Waals surface area contributed by atoms with Gasteiger partial charge in [0.15, 0.2) is 0 Å². The molecule has 1 aliphatic heterocycles. The van der Waals surface area contributed by atoms with Gasteiger partial charge in [0, 0.05) is 6.42 Å². The molecule has 156 valence electrons. The van der Waals surface area contributed by atoms with Gasteiger partial charge in [0.1, 0.15) is 18.2 Å². The van der Waals surface area contributed by atoms with Gasteiger partial charge in [-0.25, -0.2) is 4.98 Å². The predicted octanol–water partition coefficient (Wildman–Crippen LogP) is 2.28. The first-order chi connectivity index (χ1) is 14.5. The Balaban J connectivity index is 0.00000272. The number of hydrogen-bond acceptors (Lipinski definition) is 6. The number of aryl methyl sites for hydroxylation is 1. The van der Waals surface area contributed by atoms with E-state index in [2.05, 4.69) is 10.3 Å². The number of para-hydroxylation sites is 1. The zero-order valence-corrected chi connectivity index (χ0v) is 17.3. The number of benzene rings is 2. The van der Waals surface area contributed by atoms with Gasteiger partial charge in [-0.1, -0.05) is 43.0 Å². The predicted molar refractivity (Wildman–Crippen MR) is 123 cm³/mol. The number of carbonyl (C=O) groups excluding carboxylic acids is 2. The summed E-state index contributed by atoms with van der Waals surface area (Å²) < 4.78 is 7.48. The molecule has 1 N–H and O–H groups in total. The van der Waals surface area contributed by atoms with E-state index in [0.717, 1.165) is 23.1 Å². The monoisotopic (exact) mass is 447 g/mol. The van der Waals surface area contributed by atoms with Gasteiger partial charge in [-0.15, -0.1) is 0 Å². The number of rotatable bonds is 7. The molecule has 4 rings (SSSR count). The van der Waals surface area contributed by atoms with Crippen molar-refractivity contribution >= 4 is 63.4 Å². The van der Waals surface area contributed by atoms with Crippen LogP contribution in [0.25, 0.3) is 10.9 Å². The van der Waals surface area contributed by atoms with Crippen LogP contribution in [0.4, 0.5) is 4.79 Å². The number of ether oxygens (including phenoxy) is 1. The summed E-state index contributed by atoms with van der Waals surface area (Å²) >= 11 is 1.02. The molecule has 0 aliphatic carbocycles. The third-order valence-corrected chi connectivity index (χ3v) is 5.93. The molecule has 1 aromatic heterocycles. The van der Waals surface area contributed by atoms with Crippen molar-refractivity contribution in [1.29, 1.82) is 0 Å². The zero-order chi connectivity index (χ0) is 21.1. The number of fused-ring (bicyclic) bond motifs is 1. The Hall–Kier alpha value is -2.13. The number of thioether (sulfide) groups is 1. The summed E-state index contributed by atoms with van der Waals surface area (Å²) in [6.07, 6.45) is 1.14. The molecule has 2 aromatic carbocycles. The third-order valence-electron chi connectivity index (χ3n) is 4.95. The van der Waals surface area contributed by atoms with Gasteiger partial charge in [-0.2, -0.15) is 0 Å². The number of nitrogens with zero attached hydrogens (tertiary/aromatic N) is 2. The Bertz CT molecular complexity index is 1160. The van der Waals surface area contributed by atoms with Crippen molar-refractivity contribution in [2.24, 2.45) is 0 Å². The molecule has 1 saturated heterocycles. The van der Waals surface area contributed by atoms with E-state index < -0.39 is 0 Å². The molecule has 31 heavy (non-hydrogen) atoms. The van der Waals surface area contributed by atoms with Crippen molar-refractivity contribution in [3.8, 4) is 5.75 Å². The maximum absolute atomic E-state index is 12.8. The quantitative estimate of drug-likeness (QED) is 0.559. The van der Waals surface area contributed by atoms with Gasteiger partial charge < -0.3 is 4.74 Å². The molecule has 0 saturated carbocycles. The van der Waals surface area contributed by atoms with Crippen molar-refractivity contribution in [3.63, 3.8) is 0 Å². The Morgan fingerprint density at radius 1 is 1.10 bits per heavy atom. The second-order valence-corrected chi connectivity index (χ2v) is 8.11. The van der Waals surface area contributed by atoms with Gasteiger partial charge >= 0.3 is 29.6 Å². The molecule has 9 heteroatoms. The van der Waals surface area contributed by atoms with Gasteiger partial charge in [-0.05, 0) is 36.2 Å². The van der Waals surface area contributed by atoms with Crippen LogP contribution in [0.1, 0.15) is 18.3 Å². The van der Waals surface area contributed by atoms with E-state index in [1.165, 1.54) is 0 Å². The third kappa shape index (κ3) is 5.38. The Labute approximate surface area is 205 Å². The normalized spacial score (nSPS) is 15.6. The average Bonchev–Trinajstić information content (AvgIpc) is 3.07. The second kappa shape index (κ2) is 10.5. The fraction of sp³-hybridized carbons (Fsp3) is 0.273. The van der Waals surface area contributed by atoms with Crippen molar-refractivity contribution in [2.75, 3.05) is 6.61 Å². The number of aromatic nitrogens is 2. The van der Waals surface area contributed by atoms with E-state index in [9.17, 15) is 14.4 Å². The molecule has 0 radical (unpaired) electrons. The molecule has 2 amide bonds. The van der Waals surface area contributed by atoms with Gasteiger partial charge in [-0.3, -0.25) is 24.3 Å². The van der Waals surface area contributed by atoms with Crippen LogP contribution in [0.2, 0.25) is 0 Å². The fourth-order valence-electron chi connectivity index (χ4n) is 3.43. The molecule has 1 fully saturated rings. The van der Waals surface area contributed by atoms with Crippen LogP contribution in [-0.4, -0.2) is 62.1 Å². The number of amides is 2. The molecule has 3 aromatic rings. The van der Waals surface area contributed by atoms with E-state index in [4.69, 9.17) is 4.74 Å². The summed E-state index contributed by atoms with van der Waals surface area (Å²) in [5, 5.41) is 2.22. The molecular weight excluding hydrogens is 425 g/mol. The Morgan fingerprint density at radius 3 is 2.52 bits per heavy atom. The molecule has 2 heterocycles. The molecule has 7 nitrogen and oxygen atoms in total. The number of nitrogens with one attached hydrogen (secondary N) is 1. The van der Waals surface area contributed by atoms with E-state index in [1.54, 1.807) is 10.6 Å². The van der Waals surface area contributed by atoms with Gasteiger partial charge in [0.05, 0.1) is 22.7 Å². The van der Waals surface area contributed by atoms with Crippen molar-refractivity contribution in [1.82, 2.24) is 14.9 Å². The Kier molecular flexibility index (Phi) is 7.94. The van der Waals surface area contributed by atoms with Crippen molar-refractivity contribution in [3.05, 3.63) is 70.3 Å². The number of imide groups is 1. The molecule has 0 bridgehead atoms. The second-order valence-electron chi connectivity index (χ2n) is 6.94. The van der Waals surface area contributed by atoms with Crippen LogP contribution in [0, 0.1) is 0 Å². The van der Waals surface area contributed by atoms with Crippen LogP contribution < -0.4 is 15.6 Å². The summed E-state index contributed by atoms with van der Waals surface area (Å²) in [5.41, 5.74) is 1.61. The molecule has 1 unspecified atom stereocenters. The number of carbonyl (C=O) groups is 2. The zero-order valence-electron chi connectivity index (χ0n) is 16.5. The maximum atomic E-state index is 12.8. The Morgan fingerprint density at radius 2 is 1.84 bits per heavy atom. The van der Waals surface area contributed by atoms with Crippen LogP contribution >= 0.6 is 11.8 Å². The molecule has 1 aliphatic rings. The first-order valence-corrected chi connectivity index (χ1v) is 10.6. The molecule has 0 spiro atoms. The first-order valence-electron chi connectivity index (χ1n) is 9.77. The van der Waals surface area contributed by atoms with Crippen LogP contribution in [-0.2, 0) is 24.2 Å². The van der Waals surface area contributed by atoms with E-state index in [-0.39, 0.29) is 51.5 Å². The minimum absolute atomic E-state index is 0. The summed E-state index contributed by atoms with van der Waals surface area (Å²) in [5.74, 6) is 1.17. The van der Waals surface area contributed by atoms with E-state index in [0.29, 0.717) is 42.6 Å². The van der Waals surface area contributed by atoms with E-state index in [1.807, 2.05) is 49.4 Å². The van der Waals surface area contributed by atoms with Crippen LogP contribution in [0.3, 0.4) is 0 Å². The summed E-state index contributed by atoms with van der Waals surface area (Å²) in [6, 6.07) is 14.8. The number of hydrogen-bond donors (Lipinski definition) is 1. The molecular formula is C22H22N3NaO4S. The van der Waals surface area contributed by atoms with Crippen LogP contribution in [0.15, 0.2) is 53.3 Å². The summed E-state index contributed by atoms with van der Waals surface area (Å²) in [4.78, 5) is 40.4. The SMILES string of the molecule is CCc1nc2ccccc2c(=O)n1CCOc1ccc(CC2SC(=O)NC2=O)cc1.[NaH]. The van der Waals surface area contributed by atoms with Gasteiger partial charge in [0.25, 0.3) is 10.8 Å². The fourth-order valence-corrected chi connectivity index (χ4v) is 4.29. The average molecular weight is 447 g/mol. The van der Waals surface area contributed by atoms with Gasteiger partial charge in [0.2, 0.25) is 5.91 Å². The van der Waals surface area contributed by atoms with Crippen LogP contribution in [0.5, 0.6) is 5.75 Å². The first kappa shape index (κ1) is 23.5. The van der Waals surface area contributed by atoms with Crippen molar-refractivity contribution < 1.29 is 14.3 Å². The topological polar surface area (TPSA) is 90.3 Å². The summed E-state index contributed by atoms with van der Waals surface area (Å²) in [7, 11) is 0. The van der Waals surface area contributed by atoms with Crippen molar-refractivity contribution in [2.45, 2.75) is 31.6 Å².